The Labute approximate surface area is 134 Å². The molecule has 0 aliphatic rings. The third-order valence-corrected chi connectivity index (χ3v) is 3.36. The summed E-state index contributed by atoms with van der Waals surface area (Å²) in [5.41, 5.74) is 4.86. The monoisotopic (exact) mass is 334 g/mol. The van der Waals surface area contributed by atoms with Gasteiger partial charge in [0.1, 0.15) is 11.3 Å². The van der Waals surface area contributed by atoms with Crippen molar-refractivity contribution in [2.45, 2.75) is 0 Å². The van der Waals surface area contributed by atoms with E-state index in [1.54, 1.807) is 18.2 Å². The fourth-order valence-corrected chi connectivity index (χ4v) is 2.33. The maximum Gasteiger partial charge on any atom is 0.251 e. The maximum atomic E-state index is 14.0. The molecule has 0 saturated carbocycles. The Balaban J connectivity index is 2.09. The van der Waals surface area contributed by atoms with Gasteiger partial charge in [-0.25, -0.2) is 8.78 Å². The van der Waals surface area contributed by atoms with Crippen molar-refractivity contribution in [2.75, 3.05) is 0 Å². The molecular weight excluding hydrogens is 326 g/mol. The van der Waals surface area contributed by atoms with E-state index < -0.39 is 28.9 Å². The zero-order valence-electron chi connectivity index (χ0n) is 11.5. The summed E-state index contributed by atoms with van der Waals surface area (Å²) >= 11 is 5.99. The fraction of sp³-hybridized carbons (Fsp3) is 0. The molecule has 4 nitrogen and oxygen atoms in total. The van der Waals surface area contributed by atoms with Crippen LogP contribution in [0.5, 0.6) is 11.5 Å². The Bertz CT molecular complexity index is 931. The molecule has 2 aromatic carbocycles. The highest BCUT2D eigenvalue weighted by Gasteiger charge is 2.16. The first kappa shape index (κ1) is 15.2. The molecule has 2 N–H and O–H groups in total. The molecule has 0 spiro atoms. The van der Waals surface area contributed by atoms with E-state index in [-0.39, 0.29) is 5.75 Å². The lowest BCUT2D eigenvalue weighted by Crippen LogP contribution is -2.13. The molecule has 116 valence electrons. The number of nitrogens with two attached hydrogens (primary N) is 1. The van der Waals surface area contributed by atoms with Gasteiger partial charge >= 0.3 is 0 Å². The van der Waals surface area contributed by atoms with Crippen LogP contribution in [-0.2, 0) is 0 Å². The largest absolute Gasteiger partial charge is 0.452 e. The number of carbonyl (C=O) groups is 1. The number of halogens is 3. The predicted molar refractivity (Wildman–Crippen MR) is 81.7 cm³/mol. The van der Waals surface area contributed by atoms with Gasteiger partial charge in [0.05, 0.1) is 5.56 Å². The Kier molecular flexibility index (Phi) is 3.83. The summed E-state index contributed by atoms with van der Waals surface area (Å²) < 4.78 is 33.2. The van der Waals surface area contributed by atoms with E-state index in [0.717, 1.165) is 6.07 Å². The molecule has 0 aliphatic heterocycles. The number of nitrogens with zero attached hydrogens (tertiary/aromatic N) is 1. The lowest BCUT2D eigenvalue weighted by Gasteiger charge is -2.11. The van der Waals surface area contributed by atoms with Gasteiger partial charge in [0.15, 0.2) is 17.3 Å². The third-order valence-electron chi connectivity index (χ3n) is 3.14. The van der Waals surface area contributed by atoms with Crippen LogP contribution < -0.4 is 10.5 Å². The summed E-state index contributed by atoms with van der Waals surface area (Å²) in [6, 6.07) is 8.02. The zero-order valence-corrected chi connectivity index (χ0v) is 12.3. The van der Waals surface area contributed by atoms with Gasteiger partial charge in [-0.15, -0.1) is 0 Å². The summed E-state index contributed by atoms with van der Waals surface area (Å²) in [5.74, 6) is -3.21. The van der Waals surface area contributed by atoms with Crippen molar-refractivity contribution in [1.82, 2.24) is 4.98 Å². The first-order valence-electron chi connectivity index (χ1n) is 6.46. The third kappa shape index (κ3) is 2.93. The first-order valence-corrected chi connectivity index (χ1v) is 6.84. The number of primary amides is 1. The minimum atomic E-state index is -1.07. The molecular formula is C16H9ClF2N2O2. The predicted octanol–water partition coefficient (Wildman–Crippen LogP) is 4.06. The van der Waals surface area contributed by atoms with Gasteiger partial charge in [0.2, 0.25) is 0 Å². The molecule has 1 heterocycles. The average Bonchev–Trinajstić information content (AvgIpc) is 2.50. The van der Waals surface area contributed by atoms with E-state index in [1.165, 1.54) is 12.3 Å². The van der Waals surface area contributed by atoms with E-state index in [9.17, 15) is 13.6 Å². The number of aromatic nitrogens is 1. The lowest BCUT2D eigenvalue weighted by molar-refractivity contribution is 0.0996. The molecule has 1 amide bonds. The van der Waals surface area contributed by atoms with E-state index in [2.05, 4.69) is 4.98 Å². The average molecular weight is 335 g/mol. The van der Waals surface area contributed by atoms with Gasteiger partial charge in [0.25, 0.3) is 5.91 Å². The SMILES string of the molecule is NC(=O)c1cc(F)c(Oc2cc(Cl)cc3cccnc23)cc1F. The highest BCUT2D eigenvalue weighted by Crippen LogP contribution is 2.33. The van der Waals surface area contributed by atoms with Crippen LogP contribution in [0, 0.1) is 11.6 Å². The van der Waals surface area contributed by atoms with Gasteiger partial charge < -0.3 is 10.5 Å². The first-order chi connectivity index (χ1) is 11.0. The maximum absolute atomic E-state index is 14.0. The van der Waals surface area contributed by atoms with Gasteiger partial charge in [0, 0.05) is 28.7 Å². The number of carbonyl (C=O) groups excluding carboxylic acids is 1. The van der Waals surface area contributed by atoms with Crippen LogP contribution in [0.3, 0.4) is 0 Å². The van der Waals surface area contributed by atoms with Crippen LogP contribution in [0.25, 0.3) is 10.9 Å². The molecule has 7 heteroatoms. The van der Waals surface area contributed by atoms with Crippen molar-refractivity contribution in [3.05, 3.63) is 64.8 Å². The molecule has 0 saturated heterocycles. The van der Waals surface area contributed by atoms with Gasteiger partial charge in [-0.3, -0.25) is 9.78 Å². The number of fused-ring (bicyclic) bond motifs is 1. The van der Waals surface area contributed by atoms with Crippen molar-refractivity contribution >= 4 is 28.4 Å². The minimum Gasteiger partial charge on any atom is -0.452 e. The van der Waals surface area contributed by atoms with E-state index >= 15 is 0 Å². The van der Waals surface area contributed by atoms with E-state index in [1.807, 2.05) is 0 Å². The fourth-order valence-electron chi connectivity index (χ4n) is 2.12. The highest BCUT2D eigenvalue weighted by molar-refractivity contribution is 6.31. The van der Waals surface area contributed by atoms with Crippen molar-refractivity contribution < 1.29 is 18.3 Å². The summed E-state index contributed by atoms with van der Waals surface area (Å²) in [6.45, 7) is 0. The molecule has 0 unspecified atom stereocenters. The zero-order chi connectivity index (χ0) is 16.6. The summed E-state index contributed by atoms with van der Waals surface area (Å²) in [7, 11) is 0. The number of benzene rings is 2. The van der Waals surface area contributed by atoms with E-state index in [4.69, 9.17) is 22.1 Å². The smallest absolute Gasteiger partial charge is 0.251 e. The van der Waals surface area contributed by atoms with Gasteiger partial charge in [-0.2, -0.15) is 0 Å². The van der Waals surface area contributed by atoms with Crippen molar-refractivity contribution in [3.8, 4) is 11.5 Å². The number of rotatable bonds is 3. The molecule has 23 heavy (non-hydrogen) atoms. The Morgan fingerprint density at radius 3 is 2.65 bits per heavy atom. The molecule has 0 fully saturated rings. The van der Waals surface area contributed by atoms with Crippen LogP contribution in [-0.4, -0.2) is 10.9 Å². The second kappa shape index (κ2) is 5.81. The molecule has 1 aromatic heterocycles. The molecule has 0 bridgehead atoms. The highest BCUT2D eigenvalue weighted by atomic mass is 35.5. The minimum absolute atomic E-state index is 0.165. The summed E-state index contributed by atoms with van der Waals surface area (Å²) in [6.07, 6.45) is 1.54. The quantitative estimate of drug-likeness (QED) is 0.785. The summed E-state index contributed by atoms with van der Waals surface area (Å²) in [5, 5.41) is 1.04. The normalized spacial score (nSPS) is 10.7. The Morgan fingerprint density at radius 2 is 1.91 bits per heavy atom. The standard InChI is InChI=1S/C16H9ClF2N2O2/c17-9-4-8-2-1-3-21-15(8)14(5-9)23-13-7-11(18)10(16(20)22)6-12(13)19/h1-7H,(H2,20,22). The van der Waals surface area contributed by atoms with Crippen molar-refractivity contribution in [2.24, 2.45) is 5.73 Å². The van der Waals surface area contributed by atoms with Gasteiger partial charge in [-0.05, 0) is 18.2 Å². The van der Waals surface area contributed by atoms with E-state index in [0.29, 0.717) is 22.0 Å². The van der Waals surface area contributed by atoms with Crippen LogP contribution in [0.15, 0.2) is 42.6 Å². The summed E-state index contributed by atoms with van der Waals surface area (Å²) in [4.78, 5) is 15.2. The molecule has 3 rings (SSSR count). The van der Waals surface area contributed by atoms with Crippen LogP contribution in [0.4, 0.5) is 8.78 Å². The number of pyridine rings is 1. The molecule has 0 radical (unpaired) electrons. The number of hydrogen-bond acceptors (Lipinski definition) is 3. The van der Waals surface area contributed by atoms with Crippen molar-refractivity contribution in [3.63, 3.8) is 0 Å². The van der Waals surface area contributed by atoms with Crippen molar-refractivity contribution in [1.29, 1.82) is 0 Å². The lowest BCUT2D eigenvalue weighted by atomic mass is 10.1. The number of ether oxygens (including phenoxy) is 1. The second-order valence-corrected chi connectivity index (χ2v) is 5.14. The molecule has 0 atom stereocenters. The topological polar surface area (TPSA) is 65.2 Å². The number of hydrogen-bond donors (Lipinski definition) is 1. The van der Waals surface area contributed by atoms with Crippen LogP contribution in [0.1, 0.15) is 10.4 Å². The Hall–Kier alpha value is -2.73. The second-order valence-electron chi connectivity index (χ2n) is 4.71. The number of amides is 1. The van der Waals surface area contributed by atoms with Crippen LogP contribution >= 0.6 is 11.6 Å². The molecule has 0 aliphatic carbocycles. The van der Waals surface area contributed by atoms with Crippen LogP contribution in [0.2, 0.25) is 5.02 Å². The Morgan fingerprint density at radius 1 is 1.13 bits per heavy atom. The van der Waals surface area contributed by atoms with Gasteiger partial charge in [-0.1, -0.05) is 17.7 Å². The molecule has 3 aromatic rings.